The summed E-state index contributed by atoms with van der Waals surface area (Å²) in [5.41, 5.74) is 5.70. The van der Waals surface area contributed by atoms with Crippen LogP contribution >= 0.6 is 0 Å². The molecule has 15 heavy (non-hydrogen) atoms. The number of aliphatic hydroxyl groups excluding tert-OH is 1. The van der Waals surface area contributed by atoms with Gasteiger partial charge in [-0.05, 0) is 12.8 Å². The Balaban J connectivity index is 2.50. The topological polar surface area (TPSA) is 113 Å². The lowest BCUT2D eigenvalue weighted by atomic mass is 10.0. The van der Waals surface area contributed by atoms with Crippen LogP contribution in [0, 0.1) is 5.92 Å². The van der Waals surface area contributed by atoms with Crippen molar-refractivity contribution in [2.75, 3.05) is 6.61 Å². The normalized spacial score (nSPS) is 27.3. The van der Waals surface area contributed by atoms with Gasteiger partial charge >= 0.3 is 5.97 Å². The molecule has 2 unspecified atom stereocenters. The summed E-state index contributed by atoms with van der Waals surface area (Å²) in [7, 11) is 0. The fourth-order valence-electron chi connectivity index (χ4n) is 1.78. The van der Waals surface area contributed by atoms with Gasteiger partial charge in [-0.25, -0.2) is 4.79 Å². The molecule has 0 heterocycles. The lowest BCUT2D eigenvalue weighted by molar-refractivity contribution is -0.143. The number of nitrogens with two attached hydrogens (primary N) is 1. The number of amides is 1. The third-order valence-electron chi connectivity index (χ3n) is 2.70. The predicted octanol–water partition coefficient (Wildman–Crippen LogP) is -1.32. The molecule has 1 fully saturated rings. The van der Waals surface area contributed by atoms with E-state index in [1.807, 2.05) is 0 Å². The molecule has 6 heteroatoms. The van der Waals surface area contributed by atoms with Gasteiger partial charge in [0.05, 0.1) is 12.5 Å². The third kappa shape index (κ3) is 2.90. The molecule has 0 radical (unpaired) electrons. The molecule has 0 bridgehead atoms. The second-order valence-corrected chi connectivity index (χ2v) is 3.78. The van der Waals surface area contributed by atoms with Crippen molar-refractivity contribution in [1.82, 2.24) is 5.32 Å². The molecule has 0 aliphatic heterocycles. The van der Waals surface area contributed by atoms with Crippen LogP contribution in [0.2, 0.25) is 0 Å². The average Bonchev–Trinajstić information content (AvgIpc) is 2.60. The van der Waals surface area contributed by atoms with E-state index in [4.69, 9.17) is 15.9 Å². The molecule has 3 atom stereocenters. The molecule has 0 aromatic carbocycles. The van der Waals surface area contributed by atoms with Crippen molar-refractivity contribution in [2.45, 2.75) is 31.3 Å². The molecule has 6 nitrogen and oxygen atoms in total. The molecule has 0 spiro atoms. The number of carbonyl (C=O) groups excluding carboxylic acids is 1. The first-order chi connectivity index (χ1) is 7.06. The second-order valence-electron chi connectivity index (χ2n) is 3.78. The number of carboxylic acids is 1. The van der Waals surface area contributed by atoms with Crippen LogP contribution in [0.15, 0.2) is 0 Å². The lowest BCUT2D eigenvalue weighted by Crippen LogP contribution is -2.48. The van der Waals surface area contributed by atoms with E-state index in [-0.39, 0.29) is 17.9 Å². The van der Waals surface area contributed by atoms with Crippen LogP contribution in [0.1, 0.15) is 19.3 Å². The second kappa shape index (κ2) is 5.09. The van der Waals surface area contributed by atoms with E-state index < -0.39 is 18.6 Å². The number of carbonyl (C=O) groups is 2. The van der Waals surface area contributed by atoms with Crippen molar-refractivity contribution in [3.05, 3.63) is 0 Å². The minimum atomic E-state index is -1.24. The molecule has 1 saturated carbocycles. The van der Waals surface area contributed by atoms with Crippen molar-refractivity contribution >= 4 is 11.9 Å². The Morgan fingerprint density at radius 1 is 1.47 bits per heavy atom. The molecule has 1 aliphatic carbocycles. The maximum atomic E-state index is 11.6. The van der Waals surface area contributed by atoms with E-state index in [1.54, 1.807) is 0 Å². The Bertz CT molecular complexity index is 256. The van der Waals surface area contributed by atoms with Gasteiger partial charge in [-0.2, -0.15) is 0 Å². The number of nitrogens with one attached hydrogen (secondary N) is 1. The highest BCUT2D eigenvalue weighted by Gasteiger charge is 2.32. The quantitative estimate of drug-likeness (QED) is 0.465. The van der Waals surface area contributed by atoms with Crippen LogP contribution in [0.25, 0.3) is 0 Å². The van der Waals surface area contributed by atoms with Crippen molar-refractivity contribution < 1.29 is 19.8 Å². The summed E-state index contributed by atoms with van der Waals surface area (Å²) < 4.78 is 0. The largest absolute Gasteiger partial charge is 0.480 e. The molecule has 0 aromatic rings. The van der Waals surface area contributed by atoms with Crippen LogP contribution in [0.3, 0.4) is 0 Å². The van der Waals surface area contributed by atoms with Gasteiger partial charge in [-0.3, -0.25) is 4.79 Å². The third-order valence-corrected chi connectivity index (χ3v) is 2.70. The number of aliphatic hydroxyl groups is 1. The van der Waals surface area contributed by atoms with Crippen molar-refractivity contribution in [2.24, 2.45) is 11.7 Å². The van der Waals surface area contributed by atoms with Crippen LogP contribution in [-0.4, -0.2) is 40.8 Å². The van der Waals surface area contributed by atoms with Gasteiger partial charge in [0.25, 0.3) is 0 Å². The fraction of sp³-hybridized carbons (Fsp3) is 0.778. The molecule has 0 saturated heterocycles. The highest BCUT2D eigenvalue weighted by molar-refractivity contribution is 5.85. The molecule has 1 aliphatic rings. The summed E-state index contributed by atoms with van der Waals surface area (Å²) in [6.45, 7) is -0.608. The van der Waals surface area contributed by atoms with Crippen molar-refractivity contribution in [3.63, 3.8) is 0 Å². The van der Waals surface area contributed by atoms with Gasteiger partial charge < -0.3 is 21.3 Å². The first-order valence-corrected chi connectivity index (χ1v) is 4.96. The molecule has 1 rings (SSSR count). The fourth-order valence-corrected chi connectivity index (χ4v) is 1.78. The first-order valence-electron chi connectivity index (χ1n) is 4.96. The molecule has 1 amide bonds. The van der Waals surface area contributed by atoms with Gasteiger partial charge in [0.2, 0.25) is 5.91 Å². The zero-order chi connectivity index (χ0) is 11.4. The summed E-state index contributed by atoms with van der Waals surface area (Å²) >= 11 is 0. The highest BCUT2D eigenvalue weighted by Crippen LogP contribution is 2.23. The van der Waals surface area contributed by atoms with Crippen LogP contribution in [0.4, 0.5) is 0 Å². The Labute approximate surface area is 87.5 Å². The van der Waals surface area contributed by atoms with Crippen molar-refractivity contribution in [3.8, 4) is 0 Å². The number of rotatable bonds is 4. The zero-order valence-electron chi connectivity index (χ0n) is 8.35. The lowest BCUT2D eigenvalue weighted by Gasteiger charge is -2.18. The minimum absolute atomic E-state index is 0.196. The van der Waals surface area contributed by atoms with E-state index in [1.165, 1.54) is 0 Å². The first kappa shape index (κ1) is 11.9. The predicted molar refractivity (Wildman–Crippen MR) is 52.0 cm³/mol. The van der Waals surface area contributed by atoms with E-state index in [9.17, 15) is 9.59 Å². The molecule has 5 N–H and O–H groups in total. The van der Waals surface area contributed by atoms with E-state index in [0.717, 1.165) is 12.8 Å². The standard InChI is InChI=1S/C9H16N2O4/c10-6-3-1-2-5(6)8(13)11-7(4-12)9(14)15/h5-7,12H,1-4,10H2,(H,11,13)(H,14,15)/t5?,6?,7-/m0/s1. The van der Waals surface area contributed by atoms with Crippen molar-refractivity contribution in [1.29, 1.82) is 0 Å². The van der Waals surface area contributed by atoms with Gasteiger partial charge in [0.1, 0.15) is 6.04 Å². The van der Waals surface area contributed by atoms with Gasteiger partial charge in [-0.1, -0.05) is 6.42 Å². The molecule has 0 aromatic heterocycles. The van der Waals surface area contributed by atoms with Crippen LogP contribution in [0.5, 0.6) is 0 Å². The molecule has 86 valence electrons. The number of carboxylic acid groups (broad SMARTS) is 1. The summed E-state index contributed by atoms with van der Waals surface area (Å²) in [5.74, 6) is -1.93. The average molecular weight is 216 g/mol. The maximum absolute atomic E-state index is 11.6. The smallest absolute Gasteiger partial charge is 0.328 e. The van der Waals surface area contributed by atoms with Gasteiger partial charge in [0.15, 0.2) is 0 Å². The van der Waals surface area contributed by atoms with E-state index in [0.29, 0.717) is 6.42 Å². The summed E-state index contributed by atoms with van der Waals surface area (Å²) in [5, 5.41) is 19.6. The van der Waals surface area contributed by atoms with Gasteiger partial charge in [-0.15, -0.1) is 0 Å². The zero-order valence-corrected chi connectivity index (χ0v) is 8.35. The minimum Gasteiger partial charge on any atom is -0.480 e. The molecular formula is C9H16N2O4. The highest BCUT2D eigenvalue weighted by atomic mass is 16.4. The summed E-state index contributed by atoms with van der Waals surface area (Å²) in [4.78, 5) is 22.1. The SMILES string of the molecule is NC1CCCC1C(=O)N[C@@H](CO)C(=O)O. The number of aliphatic carboxylic acids is 1. The number of hydrogen-bond acceptors (Lipinski definition) is 4. The number of hydrogen-bond donors (Lipinski definition) is 4. The van der Waals surface area contributed by atoms with Crippen LogP contribution < -0.4 is 11.1 Å². The Kier molecular flexibility index (Phi) is 4.05. The Hall–Kier alpha value is -1.14. The molecular weight excluding hydrogens is 200 g/mol. The summed E-state index contributed by atoms with van der Waals surface area (Å²) in [6.07, 6.45) is 2.36. The van der Waals surface area contributed by atoms with Crippen LogP contribution in [-0.2, 0) is 9.59 Å². The maximum Gasteiger partial charge on any atom is 0.328 e. The monoisotopic (exact) mass is 216 g/mol. The summed E-state index contributed by atoms with van der Waals surface area (Å²) in [6, 6.07) is -1.43. The van der Waals surface area contributed by atoms with E-state index in [2.05, 4.69) is 5.32 Å². The Morgan fingerprint density at radius 2 is 2.13 bits per heavy atom. The van der Waals surface area contributed by atoms with E-state index >= 15 is 0 Å². The van der Waals surface area contributed by atoms with Gasteiger partial charge in [0, 0.05) is 6.04 Å². The Morgan fingerprint density at radius 3 is 2.53 bits per heavy atom.